The van der Waals surface area contributed by atoms with E-state index in [0.717, 1.165) is 12.3 Å². The van der Waals surface area contributed by atoms with Crippen LogP contribution < -0.4 is 10.1 Å². The number of hydrogen-bond acceptors (Lipinski definition) is 7. The molecule has 1 amide bonds. The van der Waals surface area contributed by atoms with Gasteiger partial charge in [-0.15, -0.1) is 25.6 Å². The van der Waals surface area contributed by atoms with Gasteiger partial charge in [0.2, 0.25) is 5.95 Å². The molecule has 2 aromatic heterocycles. The zero-order chi connectivity index (χ0) is 25.3. The Bertz CT molecular complexity index is 1240. The largest absolute Gasteiger partial charge is 0.573 e. The molecular formula is C22H24ClF4N7O2. The zero-order valence-corrected chi connectivity index (χ0v) is 20.5. The number of likely N-dealkylation sites (N-methyl/N-ethyl adjacent to an activating group) is 1. The van der Waals surface area contributed by atoms with Crippen LogP contribution in [0.15, 0.2) is 30.6 Å². The Hall–Kier alpha value is -3.45. The number of anilines is 2. The SMILES string of the molecule is Cc1ncc(-c2nc(Nc3ccc(C(=O)N4CCN(C)CC4)cc3OC(F)(F)F)ncc2F)n1C.Cl. The number of halogens is 5. The van der Waals surface area contributed by atoms with Crippen LogP contribution in [-0.2, 0) is 7.05 Å². The van der Waals surface area contributed by atoms with Crippen LogP contribution in [0.4, 0.5) is 29.2 Å². The van der Waals surface area contributed by atoms with Crippen LogP contribution >= 0.6 is 12.4 Å². The summed E-state index contributed by atoms with van der Waals surface area (Å²) in [7, 11) is 3.60. The zero-order valence-electron chi connectivity index (χ0n) is 19.6. The maximum Gasteiger partial charge on any atom is 0.573 e. The Kier molecular flexibility index (Phi) is 8.04. The van der Waals surface area contributed by atoms with Crippen molar-refractivity contribution in [3.05, 3.63) is 47.8 Å². The third-order valence-corrected chi connectivity index (χ3v) is 5.70. The van der Waals surface area contributed by atoms with E-state index in [-0.39, 0.29) is 35.3 Å². The van der Waals surface area contributed by atoms with E-state index >= 15 is 0 Å². The molecule has 0 radical (unpaired) electrons. The Labute approximate surface area is 210 Å². The molecule has 1 fully saturated rings. The molecule has 36 heavy (non-hydrogen) atoms. The van der Waals surface area contributed by atoms with E-state index < -0.39 is 23.8 Å². The van der Waals surface area contributed by atoms with Crippen molar-refractivity contribution in [1.82, 2.24) is 29.3 Å². The number of nitrogens with one attached hydrogen (secondary N) is 1. The average molecular weight is 530 g/mol. The number of nitrogens with zero attached hydrogens (tertiary/aromatic N) is 6. The average Bonchev–Trinajstić information content (AvgIpc) is 3.13. The Morgan fingerprint density at radius 1 is 1.08 bits per heavy atom. The summed E-state index contributed by atoms with van der Waals surface area (Å²) in [6.45, 7) is 3.98. The second-order valence-electron chi connectivity index (χ2n) is 8.12. The first-order valence-corrected chi connectivity index (χ1v) is 10.7. The molecule has 1 aliphatic heterocycles. The van der Waals surface area contributed by atoms with Gasteiger partial charge >= 0.3 is 6.36 Å². The van der Waals surface area contributed by atoms with Gasteiger partial charge < -0.3 is 24.4 Å². The monoisotopic (exact) mass is 529 g/mol. The van der Waals surface area contributed by atoms with E-state index in [1.165, 1.54) is 18.3 Å². The topological polar surface area (TPSA) is 88.4 Å². The number of hydrogen-bond donors (Lipinski definition) is 1. The molecule has 14 heteroatoms. The number of aromatic nitrogens is 4. The fourth-order valence-electron chi connectivity index (χ4n) is 3.61. The smallest absolute Gasteiger partial charge is 0.404 e. The summed E-state index contributed by atoms with van der Waals surface area (Å²) in [4.78, 5) is 28.5. The molecule has 1 saturated heterocycles. The molecular weight excluding hydrogens is 506 g/mol. The van der Waals surface area contributed by atoms with Crippen LogP contribution in [0.2, 0.25) is 0 Å². The van der Waals surface area contributed by atoms with E-state index in [1.54, 1.807) is 23.4 Å². The van der Waals surface area contributed by atoms with Crippen LogP contribution in [0.3, 0.4) is 0 Å². The highest BCUT2D eigenvalue weighted by Gasteiger charge is 2.33. The minimum atomic E-state index is -5.01. The molecule has 3 aromatic rings. The van der Waals surface area contributed by atoms with Gasteiger partial charge in [0.15, 0.2) is 11.6 Å². The quantitative estimate of drug-likeness (QED) is 0.503. The van der Waals surface area contributed by atoms with Gasteiger partial charge in [-0.2, -0.15) is 0 Å². The van der Waals surface area contributed by atoms with Crippen molar-refractivity contribution in [3.63, 3.8) is 0 Å². The van der Waals surface area contributed by atoms with E-state index in [1.807, 2.05) is 7.05 Å². The number of rotatable bonds is 5. The molecule has 3 heterocycles. The van der Waals surface area contributed by atoms with Crippen molar-refractivity contribution < 1.29 is 27.1 Å². The summed E-state index contributed by atoms with van der Waals surface area (Å²) in [5, 5.41) is 2.64. The predicted molar refractivity (Wildman–Crippen MR) is 126 cm³/mol. The van der Waals surface area contributed by atoms with Gasteiger partial charge in [-0.3, -0.25) is 4.79 Å². The lowest BCUT2D eigenvalue weighted by Gasteiger charge is -2.32. The molecule has 0 saturated carbocycles. The first kappa shape index (κ1) is 27.1. The van der Waals surface area contributed by atoms with E-state index in [4.69, 9.17) is 0 Å². The minimum Gasteiger partial charge on any atom is -0.404 e. The number of piperazine rings is 1. The first-order chi connectivity index (χ1) is 16.5. The number of imidazole rings is 1. The number of ether oxygens (including phenoxy) is 1. The summed E-state index contributed by atoms with van der Waals surface area (Å²) < 4.78 is 59.6. The molecule has 1 aliphatic rings. The summed E-state index contributed by atoms with van der Waals surface area (Å²) in [5.74, 6) is -1.30. The van der Waals surface area contributed by atoms with Gasteiger partial charge in [-0.25, -0.2) is 19.3 Å². The van der Waals surface area contributed by atoms with Crippen LogP contribution in [0.25, 0.3) is 11.4 Å². The highest BCUT2D eigenvalue weighted by atomic mass is 35.5. The highest BCUT2D eigenvalue weighted by Crippen LogP contribution is 2.34. The number of benzene rings is 1. The normalized spacial score (nSPS) is 14.4. The second-order valence-corrected chi connectivity index (χ2v) is 8.12. The molecule has 1 aromatic carbocycles. The van der Waals surface area contributed by atoms with E-state index in [9.17, 15) is 22.4 Å². The fourth-order valence-corrected chi connectivity index (χ4v) is 3.61. The molecule has 0 bridgehead atoms. The van der Waals surface area contributed by atoms with Crippen LogP contribution in [-0.4, -0.2) is 74.8 Å². The van der Waals surface area contributed by atoms with Gasteiger partial charge in [0.25, 0.3) is 5.91 Å². The summed E-state index contributed by atoms with van der Waals surface area (Å²) in [6, 6.07) is 3.68. The first-order valence-electron chi connectivity index (χ1n) is 10.7. The third-order valence-electron chi connectivity index (χ3n) is 5.70. The van der Waals surface area contributed by atoms with Crippen molar-refractivity contribution in [2.45, 2.75) is 13.3 Å². The third kappa shape index (κ3) is 6.02. The van der Waals surface area contributed by atoms with Crippen molar-refractivity contribution in [3.8, 4) is 17.1 Å². The van der Waals surface area contributed by atoms with Crippen molar-refractivity contribution in [2.24, 2.45) is 7.05 Å². The number of carbonyl (C=O) groups excluding carboxylic acids is 1. The van der Waals surface area contributed by atoms with Crippen molar-refractivity contribution in [2.75, 3.05) is 38.5 Å². The molecule has 4 rings (SSSR count). The molecule has 0 unspecified atom stereocenters. The van der Waals surface area contributed by atoms with Crippen LogP contribution in [0, 0.1) is 12.7 Å². The van der Waals surface area contributed by atoms with Gasteiger partial charge in [0.1, 0.15) is 11.5 Å². The van der Waals surface area contributed by atoms with Crippen LogP contribution in [0.5, 0.6) is 5.75 Å². The van der Waals surface area contributed by atoms with Gasteiger partial charge in [0.05, 0.1) is 23.8 Å². The number of alkyl halides is 3. The Morgan fingerprint density at radius 3 is 2.39 bits per heavy atom. The van der Waals surface area contributed by atoms with Crippen LogP contribution in [0.1, 0.15) is 16.2 Å². The highest BCUT2D eigenvalue weighted by molar-refractivity contribution is 5.95. The van der Waals surface area contributed by atoms with Crippen molar-refractivity contribution >= 4 is 29.9 Å². The minimum absolute atomic E-state index is 0. The van der Waals surface area contributed by atoms with Gasteiger partial charge in [-0.05, 0) is 32.2 Å². The fraction of sp³-hybridized carbons (Fsp3) is 0.364. The van der Waals surface area contributed by atoms with Gasteiger partial charge in [-0.1, -0.05) is 0 Å². The second kappa shape index (κ2) is 10.7. The molecule has 9 nitrogen and oxygen atoms in total. The van der Waals surface area contributed by atoms with Crippen molar-refractivity contribution in [1.29, 1.82) is 0 Å². The molecule has 0 atom stereocenters. The Morgan fingerprint density at radius 2 is 1.78 bits per heavy atom. The predicted octanol–water partition coefficient (Wildman–Crippen LogP) is 3.78. The molecule has 0 spiro atoms. The van der Waals surface area contributed by atoms with Gasteiger partial charge in [0, 0.05) is 38.8 Å². The van der Waals surface area contributed by atoms with E-state index in [2.05, 4.69) is 29.9 Å². The maximum atomic E-state index is 14.4. The Balaban J connectivity index is 0.00000361. The van der Waals surface area contributed by atoms with E-state index in [0.29, 0.717) is 37.7 Å². The lowest BCUT2D eigenvalue weighted by molar-refractivity contribution is -0.274. The molecule has 1 N–H and O–H groups in total. The molecule has 0 aliphatic carbocycles. The number of carbonyl (C=O) groups is 1. The number of amides is 1. The lowest BCUT2D eigenvalue weighted by Crippen LogP contribution is -2.47. The summed E-state index contributed by atoms with van der Waals surface area (Å²) in [5.41, 5.74) is 0.192. The molecule has 194 valence electrons. The lowest BCUT2D eigenvalue weighted by atomic mass is 10.1. The number of aryl methyl sites for hydroxylation is 1. The standard InChI is InChI=1S/C22H23F4N7O2.ClH/c1-13-27-12-17(32(13)3)19-15(23)11-28-21(30-19)29-16-5-4-14(10-18(16)35-22(24,25)26)20(34)33-8-6-31(2)7-9-33;/h4-5,10-12H,6-9H2,1-3H3,(H,28,29,30);1H. The summed E-state index contributed by atoms with van der Waals surface area (Å²) >= 11 is 0. The summed E-state index contributed by atoms with van der Waals surface area (Å²) in [6.07, 6.45) is -2.67. The maximum absolute atomic E-state index is 14.4.